The maximum atomic E-state index is 12.4. The van der Waals surface area contributed by atoms with Crippen LogP contribution in [-0.2, 0) is 0 Å². The van der Waals surface area contributed by atoms with Crippen LogP contribution in [0.5, 0.6) is 0 Å². The molecule has 0 spiro atoms. The summed E-state index contributed by atoms with van der Waals surface area (Å²) in [7, 11) is 0. The van der Waals surface area contributed by atoms with Crippen molar-refractivity contribution in [2.75, 3.05) is 18.0 Å². The first-order chi connectivity index (χ1) is 10.3. The van der Waals surface area contributed by atoms with Gasteiger partial charge in [0.2, 0.25) is 0 Å². The summed E-state index contributed by atoms with van der Waals surface area (Å²) in [5.74, 6) is 0.522. The second-order valence-corrected chi connectivity index (χ2v) is 5.57. The molecule has 4 rings (SSSR count). The molecule has 0 unspecified atom stereocenters. The van der Waals surface area contributed by atoms with E-state index in [2.05, 4.69) is 16.2 Å². The molecule has 0 bridgehead atoms. The van der Waals surface area contributed by atoms with E-state index in [1.54, 1.807) is 34.0 Å². The van der Waals surface area contributed by atoms with Gasteiger partial charge < -0.3 is 9.47 Å². The monoisotopic (exact) mass is 282 g/mol. The van der Waals surface area contributed by atoms with Crippen LogP contribution < -0.4 is 10.5 Å². The van der Waals surface area contributed by atoms with Crippen molar-refractivity contribution < 1.29 is 0 Å². The van der Waals surface area contributed by atoms with E-state index in [0.717, 1.165) is 12.8 Å². The average Bonchev–Trinajstić information content (AvgIpc) is 3.18. The van der Waals surface area contributed by atoms with Gasteiger partial charge in [-0.05, 0) is 12.8 Å². The van der Waals surface area contributed by atoms with Gasteiger partial charge in [0, 0.05) is 37.7 Å². The minimum atomic E-state index is -0.00312. The summed E-state index contributed by atoms with van der Waals surface area (Å²) in [4.78, 5) is 18.6. The van der Waals surface area contributed by atoms with E-state index in [-0.39, 0.29) is 11.6 Å². The lowest BCUT2D eigenvalue weighted by atomic mass is 10.1. The molecule has 0 aromatic carbocycles. The Bertz CT molecular complexity index is 775. The van der Waals surface area contributed by atoms with Crippen LogP contribution in [0.4, 0.5) is 5.82 Å². The Hall–Kier alpha value is -2.62. The minimum Gasteiger partial charge on any atom is -0.348 e. The summed E-state index contributed by atoms with van der Waals surface area (Å²) >= 11 is 0. The molecule has 106 valence electrons. The summed E-state index contributed by atoms with van der Waals surface area (Å²) in [5.41, 5.74) is 0.555. The second-order valence-electron chi connectivity index (χ2n) is 5.57. The second kappa shape index (κ2) is 4.45. The fourth-order valence-electron chi connectivity index (χ4n) is 2.66. The molecule has 1 aliphatic heterocycles. The molecule has 7 heteroatoms. The zero-order chi connectivity index (χ0) is 14.4. The van der Waals surface area contributed by atoms with Gasteiger partial charge in [-0.2, -0.15) is 10.4 Å². The minimum absolute atomic E-state index is 0.00312. The predicted octanol–water partition coefficient (Wildman–Crippen LogP) is 0.708. The maximum absolute atomic E-state index is 12.4. The van der Waals surface area contributed by atoms with Crippen LogP contribution in [0.15, 0.2) is 29.6 Å². The summed E-state index contributed by atoms with van der Waals surface area (Å²) < 4.78 is 3.58. The number of hydrogen-bond donors (Lipinski definition) is 0. The van der Waals surface area contributed by atoms with Crippen molar-refractivity contribution >= 4 is 5.82 Å². The molecule has 1 aliphatic carbocycles. The molecule has 3 heterocycles. The molecule has 2 aromatic heterocycles. The smallest absolute Gasteiger partial charge is 0.293 e. The Balaban J connectivity index is 1.52. The highest BCUT2D eigenvalue weighted by atomic mass is 16.1. The summed E-state index contributed by atoms with van der Waals surface area (Å²) in [6.07, 6.45) is 8.93. The van der Waals surface area contributed by atoms with Crippen molar-refractivity contribution in [3.63, 3.8) is 0 Å². The molecule has 1 saturated carbocycles. The third-order valence-corrected chi connectivity index (χ3v) is 4.06. The Morgan fingerprint density at radius 3 is 2.76 bits per heavy atom. The Kier molecular flexibility index (Phi) is 2.57. The van der Waals surface area contributed by atoms with E-state index in [4.69, 9.17) is 5.26 Å². The zero-order valence-corrected chi connectivity index (χ0v) is 11.4. The topological polar surface area (TPSA) is 79.7 Å². The van der Waals surface area contributed by atoms with Crippen molar-refractivity contribution in [1.29, 1.82) is 5.26 Å². The molecule has 0 N–H and O–H groups in total. The lowest BCUT2D eigenvalue weighted by Crippen LogP contribution is -2.50. The predicted molar refractivity (Wildman–Crippen MR) is 75.0 cm³/mol. The van der Waals surface area contributed by atoms with Gasteiger partial charge in [0.05, 0.1) is 17.8 Å². The number of rotatable bonds is 3. The summed E-state index contributed by atoms with van der Waals surface area (Å²) in [5, 5.41) is 13.0. The summed E-state index contributed by atoms with van der Waals surface area (Å²) in [6.45, 7) is 1.40. The van der Waals surface area contributed by atoms with E-state index >= 15 is 0 Å². The maximum Gasteiger partial charge on any atom is 0.293 e. The molecule has 2 aliphatic rings. The van der Waals surface area contributed by atoms with E-state index in [1.165, 1.54) is 0 Å². The van der Waals surface area contributed by atoms with Gasteiger partial charge in [-0.25, -0.2) is 4.98 Å². The van der Waals surface area contributed by atoms with Gasteiger partial charge >= 0.3 is 0 Å². The normalized spacial score (nSPS) is 18.3. The molecule has 0 atom stereocenters. The molecule has 0 amide bonds. The van der Waals surface area contributed by atoms with Crippen LogP contribution in [0.25, 0.3) is 0 Å². The van der Waals surface area contributed by atoms with Crippen LogP contribution in [0.3, 0.4) is 0 Å². The lowest BCUT2D eigenvalue weighted by molar-refractivity contribution is 0.364. The molecule has 7 nitrogen and oxygen atoms in total. The molecule has 1 saturated heterocycles. The van der Waals surface area contributed by atoms with E-state index in [9.17, 15) is 4.79 Å². The largest absolute Gasteiger partial charge is 0.348 e. The lowest BCUT2D eigenvalue weighted by Gasteiger charge is -2.39. The molecular formula is C14H14N6O. The standard InChI is InChI=1S/C14H14N6O/c15-5-10-6-17-20(7-10)12-8-18(9-12)13-14(21)19(4-3-16-13)11-1-2-11/h3-4,6-7,11-12H,1-2,8-9H2. The first kappa shape index (κ1) is 12.1. The van der Waals surface area contributed by atoms with Crippen molar-refractivity contribution in [3.05, 3.63) is 40.7 Å². The Labute approximate surface area is 121 Å². The SMILES string of the molecule is N#Cc1cnn(C2CN(c3nccn(C4CC4)c3=O)C2)c1. The van der Waals surface area contributed by atoms with Gasteiger partial charge in [-0.15, -0.1) is 0 Å². The molecule has 2 fully saturated rings. The quantitative estimate of drug-likeness (QED) is 0.828. The number of nitriles is 1. The first-order valence-corrected chi connectivity index (χ1v) is 7.02. The van der Waals surface area contributed by atoms with E-state index < -0.39 is 0 Å². The Morgan fingerprint density at radius 2 is 2.10 bits per heavy atom. The van der Waals surface area contributed by atoms with Crippen molar-refractivity contribution in [3.8, 4) is 6.07 Å². The average molecular weight is 282 g/mol. The van der Waals surface area contributed by atoms with Gasteiger partial charge in [-0.1, -0.05) is 0 Å². The molecular weight excluding hydrogens is 268 g/mol. The third-order valence-electron chi connectivity index (χ3n) is 4.06. The van der Waals surface area contributed by atoms with Gasteiger partial charge in [0.1, 0.15) is 6.07 Å². The van der Waals surface area contributed by atoms with Crippen molar-refractivity contribution in [1.82, 2.24) is 19.3 Å². The van der Waals surface area contributed by atoms with E-state index in [0.29, 0.717) is 30.5 Å². The van der Waals surface area contributed by atoms with Gasteiger partial charge in [-0.3, -0.25) is 9.48 Å². The molecule has 21 heavy (non-hydrogen) atoms. The van der Waals surface area contributed by atoms with Crippen molar-refractivity contribution in [2.24, 2.45) is 0 Å². The highest BCUT2D eigenvalue weighted by molar-refractivity contribution is 5.40. The molecule has 0 radical (unpaired) electrons. The number of hydrogen-bond acceptors (Lipinski definition) is 5. The zero-order valence-electron chi connectivity index (χ0n) is 11.4. The van der Waals surface area contributed by atoms with Crippen LogP contribution >= 0.6 is 0 Å². The van der Waals surface area contributed by atoms with Gasteiger partial charge in [0.25, 0.3) is 5.56 Å². The fraction of sp³-hybridized carbons (Fsp3) is 0.429. The number of nitrogens with zero attached hydrogens (tertiary/aromatic N) is 6. The Morgan fingerprint density at radius 1 is 1.29 bits per heavy atom. The van der Waals surface area contributed by atoms with Crippen LogP contribution in [0.2, 0.25) is 0 Å². The molecule has 2 aromatic rings. The van der Waals surface area contributed by atoms with Crippen LogP contribution in [0.1, 0.15) is 30.5 Å². The fourth-order valence-corrected chi connectivity index (χ4v) is 2.66. The van der Waals surface area contributed by atoms with Gasteiger partial charge in [0.15, 0.2) is 5.82 Å². The van der Waals surface area contributed by atoms with Crippen LogP contribution in [0, 0.1) is 11.3 Å². The van der Waals surface area contributed by atoms with Crippen LogP contribution in [-0.4, -0.2) is 32.4 Å². The third kappa shape index (κ3) is 2.00. The highest BCUT2D eigenvalue weighted by Crippen LogP contribution is 2.33. The highest BCUT2D eigenvalue weighted by Gasteiger charge is 2.33. The summed E-state index contributed by atoms with van der Waals surface area (Å²) in [6, 6.07) is 2.63. The first-order valence-electron chi connectivity index (χ1n) is 7.02. The van der Waals surface area contributed by atoms with E-state index in [1.807, 2.05) is 4.90 Å². The number of anilines is 1. The number of aromatic nitrogens is 4. The van der Waals surface area contributed by atoms with Crippen molar-refractivity contribution in [2.45, 2.75) is 24.9 Å².